The number of rotatable bonds is 5. The van der Waals surface area contributed by atoms with E-state index in [1.54, 1.807) is 0 Å². The van der Waals surface area contributed by atoms with Crippen LogP contribution in [0.2, 0.25) is 0 Å². The molecule has 0 unspecified atom stereocenters. The lowest BCUT2D eigenvalue weighted by Crippen LogP contribution is -2.13. The van der Waals surface area contributed by atoms with Gasteiger partial charge >= 0.3 is 9.08 Å². The van der Waals surface area contributed by atoms with Crippen LogP contribution in [0, 0.1) is 0 Å². The van der Waals surface area contributed by atoms with E-state index in [0.717, 1.165) is 6.42 Å². The molecule has 4 nitrogen and oxygen atoms in total. The number of hydrogen-bond donors (Lipinski definition) is 0. The molecule has 0 rings (SSSR count). The van der Waals surface area contributed by atoms with Crippen LogP contribution in [0.1, 0.15) is 26.7 Å². The fourth-order valence-corrected chi connectivity index (χ4v) is 1.47. The van der Waals surface area contributed by atoms with Crippen LogP contribution in [0.25, 0.3) is 0 Å². The summed E-state index contributed by atoms with van der Waals surface area (Å²) in [6.45, 7) is 4.32. The largest absolute Gasteiger partial charge is 0.621 e. The Morgan fingerprint density at radius 1 is 1.50 bits per heavy atom. The average Bonchev–Trinajstić information content (AvgIpc) is 2.04. The van der Waals surface area contributed by atoms with Gasteiger partial charge < -0.3 is 8.85 Å². The molecule has 12 heavy (non-hydrogen) atoms. The standard InChI is InChI=1S/C7H15NO3Si/c1-4-6-7(9)8-12(10-3)11-5-2/h4-6H2,1-3H3. The molecule has 0 aromatic rings. The van der Waals surface area contributed by atoms with Crippen LogP contribution in [-0.2, 0) is 13.6 Å². The molecule has 0 saturated heterocycles. The Bertz CT molecular complexity index is 170. The number of hydrogen-bond acceptors (Lipinski definition) is 3. The van der Waals surface area contributed by atoms with Crippen molar-refractivity contribution >= 4 is 15.0 Å². The zero-order valence-electron chi connectivity index (χ0n) is 7.79. The van der Waals surface area contributed by atoms with E-state index < -0.39 is 9.08 Å². The topological polar surface area (TPSA) is 47.9 Å². The minimum atomic E-state index is -1.68. The fraction of sp³-hybridized carbons (Fsp3) is 0.857. The molecule has 0 heterocycles. The number of amides is 1. The Balaban J connectivity index is 3.98. The van der Waals surface area contributed by atoms with Crippen molar-refractivity contribution in [3.63, 3.8) is 0 Å². The molecule has 0 atom stereocenters. The summed E-state index contributed by atoms with van der Waals surface area (Å²) in [7, 11) is -0.174. The maximum Gasteiger partial charge on any atom is 0.621 e. The third-order valence-corrected chi connectivity index (χ3v) is 2.44. The third-order valence-electron chi connectivity index (χ3n) is 1.12. The van der Waals surface area contributed by atoms with Crippen molar-refractivity contribution < 1.29 is 13.6 Å². The molecule has 0 aliphatic heterocycles. The molecule has 0 bridgehead atoms. The van der Waals surface area contributed by atoms with Crippen molar-refractivity contribution in [1.29, 1.82) is 0 Å². The van der Waals surface area contributed by atoms with Crippen LogP contribution in [0.4, 0.5) is 0 Å². The highest BCUT2D eigenvalue weighted by Crippen LogP contribution is 1.92. The maximum absolute atomic E-state index is 11.0. The highest BCUT2D eigenvalue weighted by molar-refractivity contribution is 6.33. The summed E-state index contributed by atoms with van der Waals surface area (Å²) in [6, 6.07) is 0. The molecule has 0 saturated carbocycles. The molecular weight excluding hydrogens is 174 g/mol. The van der Waals surface area contributed by atoms with Gasteiger partial charge in [-0.15, -0.1) is 0 Å². The van der Waals surface area contributed by atoms with E-state index in [2.05, 4.69) is 4.63 Å². The van der Waals surface area contributed by atoms with Gasteiger partial charge in [-0.3, -0.25) is 4.79 Å². The zero-order valence-corrected chi connectivity index (χ0v) is 8.79. The molecule has 70 valence electrons. The minimum Gasteiger partial charge on any atom is -0.513 e. The van der Waals surface area contributed by atoms with Gasteiger partial charge in [0, 0.05) is 6.42 Å². The molecule has 5 heteroatoms. The smallest absolute Gasteiger partial charge is 0.513 e. The predicted molar refractivity (Wildman–Crippen MR) is 46.7 cm³/mol. The summed E-state index contributed by atoms with van der Waals surface area (Å²) in [5.74, 6) is -0.123. The number of carbonyl (C=O) groups is 1. The second kappa shape index (κ2) is 6.96. The first-order chi connectivity index (χ1) is 5.74. The summed E-state index contributed by atoms with van der Waals surface area (Å²) < 4.78 is 13.8. The first-order valence-electron chi connectivity index (χ1n) is 4.02. The summed E-state index contributed by atoms with van der Waals surface area (Å²) >= 11 is 0. The molecule has 0 N–H and O–H groups in total. The third kappa shape index (κ3) is 5.01. The lowest BCUT2D eigenvalue weighted by molar-refractivity contribution is -0.117. The van der Waals surface area contributed by atoms with E-state index in [1.807, 2.05) is 13.8 Å². The molecule has 0 aromatic carbocycles. The summed E-state index contributed by atoms with van der Waals surface area (Å²) in [5.41, 5.74) is 0. The normalized spacial score (nSPS) is 11.1. The Morgan fingerprint density at radius 2 is 2.17 bits per heavy atom. The highest BCUT2D eigenvalue weighted by Gasteiger charge is 2.07. The van der Waals surface area contributed by atoms with Gasteiger partial charge in [-0.1, -0.05) is 6.92 Å². The van der Waals surface area contributed by atoms with Gasteiger partial charge in [-0.25, -0.2) is 0 Å². The predicted octanol–water partition coefficient (Wildman–Crippen LogP) is 1.25. The van der Waals surface area contributed by atoms with E-state index in [0.29, 0.717) is 13.0 Å². The monoisotopic (exact) mass is 189 g/mol. The van der Waals surface area contributed by atoms with Crippen LogP contribution in [-0.4, -0.2) is 28.7 Å². The summed E-state index contributed by atoms with van der Waals surface area (Å²) in [6.07, 6.45) is 1.29. The average molecular weight is 189 g/mol. The number of carbonyl (C=O) groups excluding carboxylic acids is 1. The molecular formula is C7H15NO3Si. The van der Waals surface area contributed by atoms with E-state index in [-0.39, 0.29) is 5.91 Å². The molecule has 1 amide bonds. The second-order valence-corrected chi connectivity index (χ2v) is 3.61. The first-order valence-corrected chi connectivity index (χ1v) is 5.29. The number of nitrogens with zero attached hydrogens (tertiary/aromatic N) is 1. The van der Waals surface area contributed by atoms with Crippen LogP contribution in [0.3, 0.4) is 0 Å². The van der Waals surface area contributed by atoms with Gasteiger partial charge in [-0.2, -0.15) is 4.63 Å². The quantitative estimate of drug-likeness (QED) is 0.611. The van der Waals surface area contributed by atoms with Crippen molar-refractivity contribution in [2.45, 2.75) is 26.7 Å². The SMILES string of the molecule is CCCC(=O)N=[Si](OC)OCC. The highest BCUT2D eigenvalue weighted by atomic mass is 28.3. The van der Waals surface area contributed by atoms with Crippen molar-refractivity contribution in [2.75, 3.05) is 13.7 Å². The second-order valence-electron chi connectivity index (χ2n) is 2.16. The van der Waals surface area contributed by atoms with Gasteiger partial charge in [0.2, 0.25) is 5.91 Å². The zero-order chi connectivity index (χ0) is 9.40. The molecule has 0 aliphatic rings. The molecule has 0 aliphatic carbocycles. The first kappa shape index (κ1) is 11.3. The minimum absolute atomic E-state index is 0.123. The molecule has 0 spiro atoms. The van der Waals surface area contributed by atoms with E-state index >= 15 is 0 Å². The Labute approximate surface area is 74.5 Å². The molecule has 0 fully saturated rings. The van der Waals surface area contributed by atoms with Gasteiger partial charge in [0.1, 0.15) is 0 Å². The Morgan fingerprint density at radius 3 is 2.58 bits per heavy atom. The van der Waals surface area contributed by atoms with E-state index in [4.69, 9.17) is 8.85 Å². The van der Waals surface area contributed by atoms with Crippen LogP contribution in [0.15, 0.2) is 4.63 Å². The Hall–Kier alpha value is -0.713. The molecule has 0 aromatic heterocycles. The lowest BCUT2D eigenvalue weighted by Gasteiger charge is -2.01. The van der Waals surface area contributed by atoms with Crippen LogP contribution in [0.5, 0.6) is 0 Å². The van der Waals surface area contributed by atoms with E-state index in [1.165, 1.54) is 7.11 Å². The maximum atomic E-state index is 11.0. The van der Waals surface area contributed by atoms with Crippen LogP contribution >= 0.6 is 0 Å². The fourth-order valence-electron chi connectivity index (χ4n) is 0.632. The summed E-state index contributed by atoms with van der Waals surface area (Å²) in [4.78, 5) is 11.0. The van der Waals surface area contributed by atoms with Crippen molar-refractivity contribution in [3.8, 4) is 0 Å². The summed E-state index contributed by atoms with van der Waals surface area (Å²) in [5, 5.41) is 0. The molecule has 0 radical (unpaired) electrons. The van der Waals surface area contributed by atoms with Crippen LogP contribution < -0.4 is 0 Å². The van der Waals surface area contributed by atoms with Crippen molar-refractivity contribution in [3.05, 3.63) is 0 Å². The van der Waals surface area contributed by atoms with Crippen molar-refractivity contribution in [2.24, 2.45) is 4.63 Å². The van der Waals surface area contributed by atoms with E-state index in [9.17, 15) is 4.79 Å². The van der Waals surface area contributed by atoms with Gasteiger partial charge in [0.25, 0.3) is 0 Å². The Kier molecular flexibility index (Phi) is 6.55. The van der Waals surface area contributed by atoms with Gasteiger partial charge in [-0.05, 0) is 13.3 Å². The van der Waals surface area contributed by atoms with Gasteiger partial charge in [0.05, 0.1) is 13.7 Å². The van der Waals surface area contributed by atoms with Crippen molar-refractivity contribution in [1.82, 2.24) is 0 Å². The lowest BCUT2D eigenvalue weighted by atomic mass is 10.3. The van der Waals surface area contributed by atoms with Gasteiger partial charge in [0.15, 0.2) is 0 Å².